The van der Waals surface area contributed by atoms with Gasteiger partial charge in [0.05, 0.1) is 16.5 Å². The van der Waals surface area contributed by atoms with Gasteiger partial charge in [0.25, 0.3) is 0 Å². The zero-order valence-electron chi connectivity index (χ0n) is 15.9. The first kappa shape index (κ1) is 21.1. The average Bonchev–Trinajstić information content (AvgIpc) is 3.13. The number of hydrogen-bond acceptors (Lipinski definition) is 5. The minimum Gasteiger partial charge on any atom is -0.483 e. The first-order valence-electron chi connectivity index (χ1n) is 9.00. The molecule has 0 aliphatic carbocycles. The van der Waals surface area contributed by atoms with Crippen LogP contribution in [-0.4, -0.2) is 26.4 Å². The molecule has 2 aromatic carbocycles. The Morgan fingerprint density at radius 1 is 1.24 bits per heavy atom. The molecule has 0 spiro atoms. The lowest BCUT2D eigenvalue weighted by Gasteiger charge is -2.15. The van der Waals surface area contributed by atoms with Crippen LogP contribution in [0, 0.1) is 5.82 Å². The van der Waals surface area contributed by atoms with Gasteiger partial charge in [-0.25, -0.2) is 4.39 Å². The van der Waals surface area contributed by atoms with E-state index in [0.29, 0.717) is 34.0 Å². The topological polar surface area (TPSA) is 69.0 Å². The van der Waals surface area contributed by atoms with Crippen molar-refractivity contribution in [3.8, 4) is 5.75 Å². The number of carbonyl (C=O) groups excluding carboxylic acids is 1. The van der Waals surface area contributed by atoms with Gasteiger partial charge in [-0.1, -0.05) is 35.5 Å². The SMILES string of the molecule is CCn1c(SCC(=O)Nc2ccccc2Cl)nnc1C(C)Oc1ccc(F)cc1. The number of nitrogens with one attached hydrogen (secondary N) is 1. The molecule has 1 atom stereocenters. The zero-order valence-corrected chi connectivity index (χ0v) is 17.5. The Bertz CT molecular complexity index is 981. The summed E-state index contributed by atoms with van der Waals surface area (Å²) in [6.45, 7) is 4.43. The van der Waals surface area contributed by atoms with E-state index in [9.17, 15) is 9.18 Å². The van der Waals surface area contributed by atoms with Crippen molar-refractivity contribution in [2.75, 3.05) is 11.1 Å². The maximum absolute atomic E-state index is 13.1. The van der Waals surface area contributed by atoms with Crippen molar-refractivity contribution in [1.82, 2.24) is 14.8 Å². The third-order valence-electron chi connectivity index (χ3n) is 4.03. The van der Waals surface area contributed by atoms with E-state index in [-0.39, 0.29) is 23.6 Å². The first-order chi connectivity index (χ1) is 14.0. The third kappa shape index (κ3) is 5.48. The summed E-state index contributed by atoms with van der Waals surface area (Å²) in [7, 11) is 0. The smallest absolute Gasteiger partial charge is 0.234 e. The van der Waals surface area contributed by atoms with Crippen molar-refractivity contribution in [3.63, 3.8) is 0 Å². The van der Waals surface area contributed by atoms with Crippen LogP contribution < -0.4 is 10.1 Å². The number of aromatic nitrogens is 3. The number of hydrogen-bond donors (Lipinski definition) is 1. The van der Waals surface area contributed by atoms with Gasteiger partial charge in [-0.2, -0.15) is 0 Å². The predicted molar refractivity (Wildman–Crippen MR) is 112 cm³/mol. The van der Waals surface area contributed by atoms with Crippen molar-refractivity contribution in [1.29, 1.82) is 0 Å². The lowest BCUT2D eigenvalue weighted by Crippen LogP contribution is -2.15. The Morgan fingerprint density at radius 3 is 2.66 bits per heavy atom. The van der Waals surface area contributed by atoms with Gasteiger partial charge in [0.1, 0.15) is 11.6 Å². The number of anilines is 1. The zero-order chi connectivity index (χ0) is 20.8. The molecule has 0 fully saturated rings. The highest BCUT2D eigenvalue weighted by molar-refractivity contribution is 7.99. The van der Waals surface area contributed by atoms with Crippen LogP contribution in [0.4, 0.5) is 10.1 Å². The number of rotatable bonds is 8. The third-order valence-corrected chi connectivity index (χ3v) is 5.33. The maximum atomic E-state index is 13.1. The van der Waals surface area contributed by atoms with Crippen LogP contribution in [0.3, 0.4) is 0 Å². The van der Waals surface area contributed by atoms with Crippen LogP contribution in [0.15, 0.2) is 53.7 Å². The van der Waals surface area contributed by atoms with Crippen molar-refractivity contribution in [3.05, 3.63) is 65.2 Å². The number of benzene rings is 2. The lowest BCUT2D eigenvalue weighted by atomic mass is 10.3. The highest BCUT2D eigenvalue weighted by atomic mass is 35.5. The van der Waals surface area contributed by atoms with E-state index in [4.69, 9.17) is 16.3 Å². The van der Waals surface area contributed by atoms with Crippen LogP contribution in [0.2, 0.25) is 5.02 Å². The van der Waals surface area contributed by atoms with E-state index in [0.717, 1.165) is 0 Å². The molecule has 0 radical (unpaired) electrons. The summed E-state index contributed by atoms with van der Waals surface area (Å²) in [5, 5.41) is 12.3. The second-order valence-corrected chi connectivity index (χ2v) is 7.47. The number of amides is 1. The van der Waals surface area contributed by atoms with Crippen LogP contribution in [0.25, 0.3) is 0 Å². The molecule has 6 nitrogen and oxygen atoms in total. The molecule has 1 heterocycles. The second-order valence-electron chi connectivity index (χ2n) is 6.12. The number of halogens is 2. The summed E-state index contributed by atoms with van der Waals surface area (Å²) in [4.78, 5) is 12.2. The van der Waals surface area contributed by atoms with Crippen molar-refractivity contribution >= 4 is 35.0 Å². The van der Waals surface area contributed by atoms with Crippen LogP contribution in [-0.2, 0) is 11.3 Å². The average molecular weight is 435 g/mol. The normalized spacial score (nSPS) is 11.9. The first-order valence-corrected chi connectivity index (χ1v) is 10.4. The van der Waals surface area contributed by atoms with Gasteiger partial charge >= 0.3 is 0 Å². The molecule has 0 aliphatic heterocycles. The van der Waals surface area contributed by atoms with Crippen LogP contribution in [0.5, 0.6) is 5.75 Å². The number of para-hydroxylation sites is 1. The number of carbonyl (C=O) groups is 1. The van der Waals surface area contributed by atoms with Crippen molar-refractivity contribution < 1.29 is 13.9 Å². The van der Waals surface area contributed by atoms with Crippen molar-refractivity contribution in [2.45, 2.75) is 31.7 Å². The summed E-state index contributed by atoms with van der Waals surface area (Å²) in [5.74, 6) is 0.821. The molecular formula is C20H20ClFN4O2S. The summed E-state index contributed by atoms with van der Waals surface area (Å²) < 4.78 is 20.8. The highest BCUT2D eigenvalue weighted by Gasteiger charge is 2.19. The Labute approximate surface area is 177 Å². The fourth-order valence-electron chi connectivity index (χ4n) is 2.65. The van der Waals surface area contributed by atoms with E-state index >= 15 is 0 Å². The number of ether oxygens (including phenoxy) is 1. The van der Waals surface area contributed by atoms with Gasteiger partial charge in [-0.15, -0.1) is 10.2 Å². The molecule has 1 amide bonds. The monoisotopic (exact) mass is 434 g/mol. The second kappa shape index (κ2) is 9.76. The quantitative estimate of drug-likeness (QED) is 0.507. The number of thioether (sulfide) groups is 1. The molecule has 0 aliphatic rings. The molecule has 1 unspecified atom stereocenters. The molecule has 0 saturated carbocycles. The Kier molecular flexibility index (Phi) is 7.11. The Balaban J connectivity index is 1.63. The summed E-state index contributed by atoms with van der Waals surface area (Å²) in [6, 6.07) is 12.9. The van der Waals surface area contributed by atoms with Crippen molar-refractivity contribution in [2.24, 2.45) is 0 Å². The largest absolute Gasteiger partial charge is 0.483 e. The van der Waals surface area contributed by atoms with Crippen LogP contribution in [0.1, 0.15) is 25.8 Å². The molecule has 0 bridgehead atoms. The Morgan fingerprint density at radius 2 is 1.97 bits per heavy atom. The standard InChI is InChI=1S/C20H20ClFN4O2S/c1-3-26-19(13(2)28-15-10-8-14(22)9-11-15)24-25-20(26)29-12-18(27)23-17-7-5-4-6-16(17)21/h4-11,13H,3,12H2,1-2H3,(H,23,27). The van der Waals surface area contributed by atoms with Gasteiger partial charge in [-0.05, 0) is 50.2 Å². The fraction of sp³-hybridized carbons (Fsp3) is 0.250. The van der Waals surface area contributed by atoms with Gasteiger partial charge in [0.2, 0.25) is 5.91 Å². The van der Waals surface area contributed by atoms with E-state index in [2.05, 4.69) is 15.5 Å². The Hall–Kier alpha value is -2.58. The van der Waals surface area contributed by atoms with Gasteiger partial charge in [0.15, 0.2) is 17.1 Å². The molecule has 29 heavy (non-hydrogen) atoms. The molecule has 3 aromatic rings. The van der Waals surface area contributed by atoms with E-state index in [1.54, 1.807) is 36.4 Å². The highest BCUT2D eigenvalue weighted by Crippen LogP contribution is 2.25. The maximum Gasteiger partial charge on any atom is 0.234 e. The summed E-state index contributed by atoms with van der Waals surface area (Å²) >= 11 is 7.34. The molecular weight excluding hydrogens is 415 g/mol. The van der Waals surface area contributed by atoms with Gasteiger partial charge in [-0.3, -0.25) is 4.79 Å². The van der Waals surface area contributed by atoms with Gasteiger partial charge in [0, 0.05) is 6.54 Å². The van der Waals surface area contributed by atoms with Gasteiger partial charge < -0.3 is 14.6 Å². The predicted octanol–water partition coefficient (Wildman–Crippen LogP) is 4.96. The number of nitrogens with zero attached hydrogens (tertiary/aromatic N) is 3. The van der Waals surface area contributed by atoms with E-state index in [1.165, 1.54) is 23.9 Å². The molecule has 0 saturated heterocycles. The molecule has 9 heteroatoms. The fourth-order valence-corrected chi connectivity index (χ4v) is 3.65. The van der Waals surface area contributed by atoms with E-state index < -0.39 is 0 Å². The van der Waals surface area contributed by atoms with Crippen LogP contribution >= 0.6 is 23.4 Å². The molecule has 152 valence electrons. The lowest BCUT2D eigenvalue weighted by molar-refractivity contribution is -0.113. The molecule has 1 aromatic heterocycles. The molecule has 1 N–H and O–H groups in total. The minimum atomic E-state index is -0.390. The molecule has 3 rings (SSSR count). The summed E-state index contributed by atoms with van der Waals surface area (Å²) in [5.41, 5.74) is 0.568. The minimum absolute atomic E-state index is 0.163. The van der Waals surface area contributed by atoms with E-state index in [1.807, 2.05) is 18.4 Å². The summed E-state index contributed by atoms with van der Waals surface area (Å²) in [6.07, 6.45) is -0.390.